The van der Waals surface area contributed by atoms with Gasteiger partial charge in [-0.05, 0) is 29.9 Å². The first-order chi connectivity index (χ1) is 13.6. The van der Waals surface area contributed by atoms with Gasteiger partial charge in [0.1, 0.15) is 4.70 Å². The molecule has 144 valence electrons. The largest absolute Gasteiger partial charge is 0.392 e. The van der Waals surface area contributed by atoms with Gasteiger partial charge in [0.15, 0.2) is 0 Å². The summed E-state index contributed by atoms with van der Waals surface area (Å²) in [5.74, 6) is 0.550. The van der Waals surface area contributed by atoms with E-state index >= 15 is 0 Å². The molecular weight excluding hydrogens is 374 g/mol. The smallest absolute Gasteiger partial charge is 0.273 e. The molecule has 0 unspecified atom stereocenters. The Kier molecular flexibility index (Phi) is 5.13. The van der Waals surface area contributed by atoms with E-state index in [0.29, 0.717) is 33.8 Å². The van der Waals surface area contributed by atoms with Gasteiger partial charge in [0.05, 0.1) is 30.3 Å². The molecule has 28 heavy (non-hydrogen) atoms. The maximum atomic E-state index is 13.3. The summed E-state index contributed by atoms with van der Waals surface area (Å²) in [6, 6.07) is 9.49. The Morgan fingerprint density at radius 2 is 2.18 bits per heavy atom. The lowest BCUT2D eigenvalue weighted by Crippen LogP contribution is -2.45. The van der Waals surface area contributed by atoms with E-state index in [0.717, 1.165) is 24.9 Å². The van der Waals surface area contributed by atoms with Crippen molar-refractivity contribution in [3.8, 4) is 6.07 Å². The molecule has 0 saturated carbocycles. The third kappa shape index (κ3) is 3.29. The Hall–Kier alpha value is -2.73. The molecule has 1 saturated heterocycles. The van der Waals surface area contributed by atoms with Crippen molar-refractivity contribution in [2.75, 3.05) is 18.0 Å². The Balaban J connectivity index is 1.90. The molecule has 2 aromatic heterocycles. The minimum atomic E-state index is -0.160. The SMILES string of the molecule is N#Cc1ccccc1Cn1c(N2CCC[C@@H](N)C2)nc2c(CO)csc2c1=O. The predicted octanol–water partition coefficient (Wildman–Crippen LogP) is 1.80. The number of hydrogen-bond donors (Lipinski definition) is 2. The third-order valence-electron chi connectivity index (χ3n) is 5.11. The molecule has 1 aromatic carbocycles. The Labute approximate surface area is 166 Å². The average molecular weight is 395 g/mol. The van der Waals surface area contributed by atoms with Crippen LogP contribution in [-0.2, 0) is 13.2 Å². The van der Waals surface area contributed by atoms with E-state index in [1.165, 1.54) is 11.3 Å². The highest BCUT2D eigenvalue weighted by Gasteiger charge is 2.24. The number of anilines is 1. The van der Waals surface area contributed by atoms with Crippen molar-refractivity contribution in [2.24, 2.45) is 5.73 Å². The number of rotatable bonds is 4. The second kappa shape index (κ2) is 7.72. The Bertz CT molecular complexity index is 1110. The highest BCUT2D eigenvalue weighted by Crippen LogP contribution is 2.26. The molecule has 1 fully saturated rings. The summed E-state index contributed by atoms with van der Waals surface area (Å²) >= 11 is 1.29. The monoisotopic (exact) mass is 395 g/mol. The van der Waals surface area contributed by atoms with Gasteiger partial charge in [-0.3, -0.25) is 9.36 Å². The molecule has 1 atom stereocenters. The molecule has 3 aromatic rings. The first-order valence-electron chi connectivity index (χ1n) is 9.22. The Morgan fingerprint density at radius 3 is 2.93 bits per heavy atom. The van der Waals surface area contributed by atoms with E-state index in [9.17, 15) is 15.2 Å². The number of hydrogen-bond acceptors (Lipinski definition) is 7. The molecule has 0 amide bonds. The van der Waals surface area contributed by atoms with Crippen molar-refractivity contribution in [2.45, 2.75) is 32.0 Å². The predicted molar refractivity (Wildman–Crippen MR) is 109 cm³/mol. The second-order valence-corrected chi connectivity index (χ2v) is 7.90. The second-order valence-electron chi connectivity index (χ2n) is 7.02. The Morgan fingerprint density at radius 1 is 1.36 bits per heavy atom. The minimum Gasteiger partial charge on any atom is -0.392 e. The van der Waals surface area contributed by atoms with Crippen molar-refractivity contribution >= 4 is 27.5 Å². The topological polar surface area (TPSA) is 108 Å². The first kappa shape index (κ1) is 18.6. The standard InChI is InChI=1S/C20H21N5O2S/c21-8-13-4-1-2-5-14(13)9-25-19(27)18-17(15(11-26)12-28-18)23-20(25)24-7-3-6-16(22)10-24/h1-2,4-5,12,16,26H,3,6-7,9-11,22H2/t16-/m1/s1. The van der Waals surface area contributed by atoms with Crippen LogP contribution < -0.4 is 16.2 Å². The van der Waals surface area contributed by atoms with Crippen LogP contribution in [0.1, 0.15) is 29.5 Å². The lowest BCUT2D eigenvalue weighted by atomic mass is 10.1. The summed E-state index contributed by atoms with van der Waals surface area (Å²) in [4.78, 5) is 20.1. The van der Waals surface area contributed by atoms with E-state index in [-0.39, 0.29) is 24.8 Å². The zero-order valence-corrected chi connectivity index (χ0v) is 16.2. The molecule has 7 nitrogen and oxygen atoms in total. The molecule has 1 aliphatic rings. The quantitative estimate of drug-likeness (QED) is 0.697. The van der Waals surface area contributed by atoms with E-state index in [1.807, 2.05) is 23.1 Å². The number of aliphatic hydroxyl groups excluding tert-OH is 1. The fourth-order valence-corrected chi connectivity index (χ4v) is 4.61. The molecule has 3 N–H and O–H groups in total. The summed E-state index contributed by atoms with van der Waals surface area (Å²) < 4.78 is 2.15. The van der Waals surface area contributed by atoms with E-state index in [4.69, 9.17) is 10.7 Å². The highest BCUT2D eigenvalue weighted by atomic mass is 32.1. The molecule has 3 heterocycles. The van der Waals surface area contributed by atoms with Gasteiger partial charge in [0.2, 0.25) is 5.95 Å². The van der Waals surface area contributed by atoms with Crippen LogP contribution in [0.3, 0.4) is 0 Å². The van der Waals surface area contributed by atoms with Gasteiger partial charge >= 0.3 is 0 Å². The van der Waals surface area contributed by atoms with Crippen LogP contribution in [0.4, 0.5) is 5.95 Å². The van der Waals surface area contributed by atoms with Gasteiger partial charge in [-0.2, -0.15) is 5.26 Å². The molecule has 8 heteroatoms. The van der Waals surface area contributed by atoms with Crippen molar-refractivity contribution in [1.82, 2.24) is 9.55 Å². The number of nitrogens with two attached hydrogens (primary N) is 1. The van der Waals surface area contributed by atoms with E-state index in [1.54, 1.807) is 16.0 Å². The van der Waals surface area contributed by atoms with Crippen molar-refractivity contribution in [3.63, 3.8) is 0 Å². The average Bonchev–Trinajstić information content (AvgIpc) is 3.13. The zero-order chi connectivity index (χ0) is 19.7. The van der Waals surface area contributed by atoms with Gasteiger partial charge in [0, 0.05) is 24.7 Å². The molecule has 4 rings (SSSR count). The van der Waals surface area contributed by atoms with Crippen molar-refractivity contribution in [3.05, 3.63) is 56.7 Å². The molecule has 0 radical (unpaired) electrons. The van der Waals surface area contributed by atoms with Gasteiger partial charge in [0.25, 0.3) is 5.56 Å². The maximum Gasteiger partial charge on any atom is 0.273 e. The lowest BCUT2D eigenvalue weighted by molar-refractivity contribution is 0.283. The molecule has 0 spiro atoms. The van der Waals surface area contributed by atoms with Crippen LogP contribution in [0.25, 0.3) is 10.2 Å². The number of aromatic nitrogens is 2. The van der Waals surface area contributed by atoms with E-state index < -0.39 is 0 Å². The number of thiophene rings is 1. The van der Waals surface area contributed by atoms with Crippen molar-refractivity contribution < 1.29 is 5.11 Å². The summed E-state index contributed by atoms with van der Waals surface area (Å²) in [5, 5.41) is 20.8. The molecule has 0 bridgehead atoms. The van der Waals surface area contributed by atoms with Crippen LogP contribution in [0.5, 0.6) is 0 Å². The maximum absolute atomic E-state index is 13.3. The minimum absolute atomic E-state index is 0.0287. The number of aliphatic hydroxyl groups is 1. The highest BCUT2D eigenvalue weighted by molar-refractivity contribution is 7.17. The zero-order valence-electron chi connectivity index (χ0n) is 15.3. The van der Waals surface area contributed by atoms with Gasteiger partial charge in [-0.25, -0.2) is 4.98 Å². The van der Waals surface area contributed by atoms with E-state index in [2.05, 4.69) is 6.07 Å². The molecule has 1 aliphatic heterocycles. The molecular formula is C20H21N5O2S. The third-order valence-corrected chi connectivity index (χ3v) is 6.11. The van der Waals surface area contributed by atoms with Gasteiger partial charge < -0.3 is 15.7 Å². The van der Waals surface area contributed by atoms with Crippen LogP contribution in [0, 0.1) is 11.3 Å². The van der Waals surface area contributed by atoms with Crippen LogP contribution in [-0.4, -0.2) is 33.8 Å². The summed E-state index contributed by atoms with van der Waals surface area (Å²) in [6.45, 7) is 1.49. The molecule has 0 aliphatic carbocycles. The lowest BCUT2D eigenvalue weighted by Gasteiger charge is -2.33. The number of piperidine rings is 1. The van der Waals surface area contributed by atoms with Crippen LogP contribution in [0.2, 0.25) is 0 Å². The van der Waals surface area contributed by atoms with Crippen molar-refractivity contribution in [1.29, 1.82) is 5.26 Å². The first-order valence-corrected chi connectivity index (χ1v) is 10.1. The summed E-state index contributed by atoms with van der Waals surface area (Å²) in [5.41, 5.74) is 8.53. The van der Waals surface area contributed by atoms with Crippen LogP contribution >= 0.6 is 11.3 Å². The van der Waals surface area contributed by atoms with Gasteiger partial charge in [-0.15, -0.1) is 11.3 Å². The van der Waals surface area contributed by atoms with Gasteiger partial charge in [-0.1, -0.05) is 18.2 Å². The number of nitrogens with zero attached hydrogens (tertiary/aromatic N) is 4. The normalized spacial score (nSPS) is 17.0. The fourth-order valence-electron chi connectivity index (χ4n) is 3.66. The summed E-state index contributed by atoms with van der Waals surface area (Å²) in [6.07, 6.45) is 1.88. The summed E-state index contributed by atoms with van der Waals surface area (Å²) in [7, 11) is 0. The number of fused-ring (bicyclic) bond motifs is 1. The van der Waals surface area contributed by atoms with Crippen LogP contribution in [0.15, 0.2) is 34.4 Å². The number of nitriles is 1. The number of benzene rings is 1. The fraction of sp³-hybridized carbons (Fsp3) is 0.350.